The van der Waals surface area contributed by atoms with E-state index in [1.807, 2.05) is 22.6 Å². The summed E-state index contributed by atoms with van der Waals surface area (Å²) < 4.78 is 10.8. The molecule has 0 unspecified atom stereocenters. The molecule has 0 spiro atoms. The average molecular weight is 450 g/mol. The predicted octanol–water partition coefficient (Wildman–Crippen LogP) is 2.92. The molecule has 0 atom stereocenters. The number of ketones is 2. The highest BCUT2D eigenvalue weighted by molar-refractivity contribution is 14.1. The summed E-state index contributed by atoms with van der Waals surface area (Å²) in [7, 11) is 0. The third kappa shape index (κ3) is 3.07. The summed E-state index contributed by atoms with van der Waals surface area (Å²) in [6, 6.07) is 7.54. The van der Waals surface area contributed by atoms with Gasteiger partial charge >= 0.3 is 11.9 Å². The topological polar surface area (TPSA) is 86.7 Å². The minimum atomic E-state index is -0.609. The fourth-order valence-corrected chi connectivity index (χ4v) is 3.29. The largest absolute Gasteiger partial charge is 0.426 e. The van der Waals surface area contributed by atoms with Crippen molar-refractivity contribution in [3.8, 4) is 11.5 Å². The first-order chi connectivity index (χ1) is 11.8. The van der Waals surface area contributed by atoms with E-state index in [-0.39, 0.29) is 33.8 Å². The number of halogens is 1. The Morgan fingerprint density at radius 3 is 2.08 bits per heavy atom. The molecule has 0 bridgehead atoms. The van der Waals surface area contributed by atoms with E-state index in [1.54, 1.807) is 6.07 Å². The van der Waals surface area contributed by atoms with Crippen LogP contribution in [0.2, 0.25) is 0 Å². The number of fused-ring (bicyclic) bond motifs is 2. The number of carbonyl (C=O) groups excluding carboxylic acids is 4. The predicted molar refractivity (Wildman–Crippen MR) is 95.1 cm³/mol. The fourth-order valence-electron chi connectivity index (χ4n) is 2.70. The molecule has 0 heterocycles. The highest BCUT2D eigenvalue weighted by atomic mass is 127. The molecule has 1 aliphatic rings. The van der Waals surface area contributed by atoms with Gasteiger partial charge < -0.3 is 9.47 Å². The van der Waals surface area contributed by atoms with Crippen LogP contribution in [0.3, 0.4) is 0 Å². The number of hydrogen-bond acceptors (Lipinski definition) is 6. The standard InChI is InChI=1S/C18H11IO6/c1-8(20)24-13-5-3-4-11-15(13)18(23)16-12(17(11)22)6-10(19)7-14(16)25-9(2)21/h3-7H,1-2H3. The Labute approximate surface area is 156 Å². The number of hydrogen-bond donors (Lipinski definition) is 0. The van der Waals surface area contributed by atoms with Gasteiger partial charge in [0.05, 0.1) is 11.1 Å². The quantitative estimate of drug-likeness (QED) is 0.339. The summed E-state index contributed by atoms with van der Waals surface area (Å²) in [6.45, 7) is 2.41. The second-order valence-corrected chi connectivity index (χ2v) is 6.60. The monoisotopic (exact) mass is 450 g/mol. The number of ether oxygens (including phenoxy) is 2. The van der Waals surface area contributed by atoms with Gasteiger partial charge in [-0.3, -0.25) is 19.2 Å². The van der Waals surface area contributed by atoms with Crippen LogP contribution in [0.5, 0.6) is 11.5 Å². The maximum absolute atomic E-state index is 13.0. The smallest absolute Gasteiger partial charge is 0.308 e. The molecule has 25 heavy (non-hydrogen) atoms. The molecule has 0 aromatic heterocycles. The number of carbonyl (C=O) groups is 4. The lowest BCUT2D eigenvalue weighted by molar-refractivity contribution is -0.132. The van der Waals surface area contributed by atoms with E-state index in [2.05, 4.69) is 0 Å². The summed E-state index contributed by atoms with van der Waals surface area (Å²) in [5.74, 6) is -2.14. The van der Waals surface area contributed by atoms with Crippen LogP contribution in [0.4, 0.5) is 0 Å². The maximum atomic E-state index is 13.0. The Bertz CT molecular complexity index is 960. The van der Waals surface area contributed by atoms with Gasteiger partial charge in [-0.2, -0.15) is 0 Å². The van der Waals surface area contributed by atoms with Crippen LogP contribution in [0.25, 0.3) is 0 Å². The summed E-state index contributed by atoms with van der Waals surface area (Å²) in [6.07, 6.45) is 0. The van der Waals surface area contributed by atoms with Gasteiger partial charge in [0, 0.05) is 28.5 Å². The fraction of sp³-hybridized carbons (Fsp3) is 0.111. The lowest BCUT2D eigenvalue weighted by Crippen LogP contribution is -2.24. The van der Waals surface area contributed by atoms with Crippen LogP contribution in [0, 0.1) is 3.57 Å². The van der Waals surface area contributed by atoms with Crippen LogP contribution in [-0.4, -0.2) is 23.5 Å². The zero-order chi connectivity index (χ0) is 18.3. The van der Waals surface area contributed by atoms with Crippen molar-refractivity contribution in [1.29, 1.82) is 0 Å². The van der Waals surface area contributed by atoms with Crippen molar-refractivity contribution >= 4 is 46.1 Å². The molecule has 0 fully saturated rings. The lowest BCUT2D eigenvalue weighted by Gasteiger charge is -2.21. The SMILES string of the molecule is CC(=O)Oc1cccc2c1C(=O)c1c(OC(C)=O)cc(I)cc1C2=O. The van der Waals surface area contributed by atoms with Gasteiger partial charge in [0.25, 0.3) is 0 Å². The molecule has 0 N–H and O–H groups in total. The Morgan fingerprint density at radius 1 is 0.840 bits per heavy atom. The molecule has 0 aliphatic heterocycles. The molecular formula is C18H11IO6. The maximum Gasteiger partial charge on any atom is 0.308 e. The van der Waals surface area contributed by atoms with Gasteiger partial charge in [-0.05, 0) is 40.8 Å². The van der Waals surface area contributed by atoms with Gasteiger partial charge in [0.15, 0.2) is 5.78 Å². The Morgan fingerprint density at radius 2 is 1.44 bits per heavy atom. The molecule has 0 amide bonds. The van der Waals surface area contributed by atoms with E-state index in [1.165, 1.54) is 38.1 Å². The molecule has 0 radical (unpaired) electrons. The van der Waals surface area contributed by atoms with Crippen LogP contribution in [0.1, 0.15) is 45.7 Å². The van der Waals surface area contributed by atoms with Crippen molar-refractivity contribution in [3.63, 3.8) is 0 Å². The highest BCUT2D eigenvalue weighted by Crippen LogP contribution is 2.38. The summed E-state index contributed by atoms with van der Waals surface area (Å²) in [5, 5.41) is 0. The first-order valence-corrected chi connectivity index (χ1v) is 8.30. The summed E-state index contributed by atoms with van der Waals surface area (Å²) in [4.78, 5) is 48.5. The van der Waals surface area contributed by atoms with E-state index in [0.29, 0.717) is 3.57 Å². The van der Waals surface area contributed by atoms with Crippen LogP contribution < -0.4 is 9.47 Å². The molecule has 2 aromatic carbocycles. The van der Waals surface area contributed by atoms with Crippen molar-refractivity contribution in [2.24, 2.45) is 0 Å². The van der Waals surface area contributed by atoms with E-state index in [9.17, 15) is 19.2 Å². The zero-order valence-corrected chi connectivity index (χ0v) is 15.4. The van der Waals surface area contributed by atoms with Crippen molar-refractivity contribution in [3.05, 3.63) is 56.2 Å². The molecule has 2 aromatic rings. The third-order valence-corrected chi connectivity index (χ3v) is 4.17. The lowest BCUT2D eigenvalue weighted by atomic mass is 9.83. The first kappa shape index (κ1) is 17.3. The van der Waals surface area contributed by atoms with Crippen molar-refractivity contribution in [2.45, 2.75) is 13.8 Å². The van der Waals surface area contributed by atoms with Crippen LogP contribution >= 0.6 is 22.6 Å². The van der Waals surface area contributed by atoms with Gasteiger partial charge in [-0.15, -0.1) is 0 Å². The van der Waals surface area contributed by atoms with Crippen molar-refractivity contribution in [1.82, 2.24) is 0 Å². The second-order valence-electron chi connectivity index (χ2n) is 5.35. The number of benzene rings is 2. The zero-order valence-electron chi connectivity index (χ0n) is 13.2. The molecule has 6 nitrogen and oxygen atoms in total. The Balaban J connectivity index is 2.28. The van der Waals surface area contributed by atoms with Gasteiger partial charge in [0.2, 0.25) is 5.78 Å². The first-order valence-electron chi connectivity index (χ1n) is 7.22. The Kier molecular flexibility index (Phi) is 4.42. The minimum Gasteiger partial charge on any atom is -0.426 e. The molecule has 0 saturated carbocycles. The van der Waals surface area contributed by atoms with Gasteiger partial charge in [0.1, 0.15) is 11.5 Å². The minimum absolute atomic E-state index is 0.00123. The number of esters is 2. The molecule has 7 heteroatoms. The molecule has 1 aliphatic carbocycles. The van der Waals surface area contributed by atoms with E-state index < -0.39 is 23.5 Å². The van der Waals surface area contributed by atoms with Gasteiger partial charge in [-0.25, -0.2) is 0 Å². The second kappa shape index (κ2) is 6.40. The summed E-state index contributed by atoms with van der Waals surface area (Å²) in [5.41, 5.74) is 0.283. The third-order valence-electron chi connectivity index (χ3n) is 3.54. The molecule has 0 saturated heterocycles. The summed E-state index contributed by atoms with van der Waals surface area (Å²) >= 11 is 1.97. The van der Waals surface area contributed by atoms with E-state index in [0.717, 1.165) is 0 Å². The van der Waals surface area contributed by atoms with Gasteiger partial charge in [-0.1, -0.05) is 12.1 Å². The average Bonchev–Trinajstić information content (AvgIpc) is 2.50. The normalized spacial score (nSPS) is 12.3. The number of rotatable bonds is 2. The van der Waals surface area contributed by atoms with Crippen LogP contribution in [-0.2, 0) is 9.59 Å². The van der Waals surface area contributed by atoms with E-state index in [4.69, 9.17) is 9.47 Å². The molecular weight excluding hydrogens is 439 g/mol. The highest BCUT2D eigenvalue weighted by Gasteiger charge is 2.35. The Hall–Kier alpha value is -2.55. The van der Waals surface area contributed by atoms with Crippen molar-refractivity contribution in [2.75, 3.05) is 0 Å². The molecule has 126 valence electrons. The molecule has 3 rings (SSSR count). The van der Waals surface area contributed by atoms with Crippen LogP contribution in [0.15, 0.2) is 30.3 Å². The van der Waals surface area contributed by atoms with E-state index >= 15 is 0 Å². The van der Waals surface area contributed by atoms with Crippen molar-refractivity contribution < 1.29 is 28.7 Å².